The number of benzene rings is 1. The first-order chi connectivity index (χ1) is 16.2. The van der Waals surface area contributed by atoms with Gasteiger partial charge in [-0.1, -0.05) is 37.3 Å². The minimum Gasteiger partial charge on any atom is -0.359 e. The molecule has 3 aromatic rings. The highest BCUT2D eigenvalue weighted by Gasteiger charge is 2.42. The molecule has 34 heavy (non-hydrogen) atoms. The number of fused-ring (bicyclic) bond motifs is 1. The molecule has 0 radical (unpaired) electrons. The molecule has 0 amide bonds. The smallest absolute Gasteiger partial charge is 0.329 e. The van der Waals surface area contributed by atoms with Gasteiger partial charge in [-0.2, -0.15) is 0 Å². The van der Waals surface area contributed by atoms with Gasteiger partial charge in [-0.15, -0.1) is 0 Å². The molecule has 0 spiro atoms. The lowest BCUT2D eigenvalue weighted by atomic mass is 9.84. The molecule has 2 saturated carbocycles. The minimum absolute atomic E-state index is 0.0822. The summed E-state index contributed by atoms with van der Waals surface area (Å²) in [5, 5.41) is 4.08. The van der Waals surface area contributed by atoms with Crippen molar-refractivity contribution in [2.24, 2.45) is 5.92 Å². The van der Waals surface area contributed by atoms with Crippen molar-refractivity contribution < 1.29 is 12.9 Å². The molecular weight excluding hydrogens is 456 g/mol. The van der Waals surface area contributed by atoms with E-state index in [0.717, 1.165) is 43.1 Å². The molecule has 2 aliphatic rings. The molecule has 10 heteroatoms. The Balaban J connectivity index is 1.69. The van der Waals surface area contributed by atoms with Crippen LogP contribution in [0.1, 0.15) is 68.9 Å². The first-order valence-electron chi connectivity index (χ1n) is 11.9. The largest absolute Gasteiger partial charge is 0.359 e. The van der Waals surface area contributed by atoms with Gasteiger partial charge in [-0.3, -0.25) is 9.36 Å². The molecule has 0 unspecified atom stereocenters. The summed E-state index contributed by atoms with van der Waals surface area (Å²) in [7, 11) is -3.84. The van der Waals surface area contributed by atoms with Crippen LogP contribution < -0.4 is 16.0 Å². The van der Waals surface area contributed by atoms with Crippen molar-refractivity contribution >= 4 is 20.9 Å². The van der Waals surface area contributed by atoms with Crippen molar-refractivity contribution in [2.45, 2.75) is 82.2 Å². The predicted molar refractivity (Wildman–Crippen MR) is 127 cm³/mol. The van der Waals surface area contributed by atoms with Crippen molar-refractivity contribution in [2.75, 3.05) is 0 Å². The van der Waals surface area contributed by atoms with E-state index in [1.54, 1.807) is 13.0 Å². The van der Waals surface area contributed by atoms with Crippen LogP contribution in [-0.2, 0) is 23.0 Å². The van der Waals surface area contributed by atoms with Crippen LogP contribution in [0.15, 0.2) is 37.2 Å². The SMILES string of the molecule is Cc1cc(Cn2c(=O)[nH]c3ccc(S(=O)(=O)NC4(C)CC4)c(CC4CCCCC4)c3c2=O)on1. The van der Waals surface area contributed by atoms with E-state index in [0.29, 0.717) is 34.9 Å². The molecule has 2 fully saturated rings. The summed E-state index contributed by atoms with van der Waals surface area (Å²) in [5.74, 6) is 0.673. The Morgan fingerprint density at radius 3 is 2.59 bits per heavy atom. The van der Waals surface area contributed by atoms with Gasteiger partial charge in [0.25, 0.3) is 5.56 Å². The standard InChI is InChI=1S/C24H30N4O5S/c1-15-12-17(33-26-15)14-28-22(29)21-18(13-16-6-4-3-5-7-16)20(9-8-19(21)25-23(28)30)34(31,32)27-24(2)10-11-24/h8-9,12,16,27H,3-7,10-11,13-14H2,1-2H3,(H,25,30). The number of sulfonamides is 1. The van der Waals surface area contributed by atoms with E-state index in [4.69, 9.17) is 4.52 Å². The van der Waals surface area contributed by atoms with Crippen molar-refractivity contribution in [1.82, 2.24) is 19.4 Å². The molecule has 5 rings (SSSR count). The van der Waals surface area contributed by atoms with Crippen LogP contribution in [0.5, 0.6) is 0 Å². The topological polar surface area (TPSA) is 127 Å². The molecule has 2 heterocycles. The van der Waals surface area contributed by atoms with Crippen molar-refractivity contribution in [3.63, 3.8) is 0 Å². The molecule has 0 bridgehead atoms. The summed E-state index contributed by atoms with van der Waals surface area (Å²) < 4.78 is 36.0. The molecule has 1 aromatic carbocycles. The lowest BCUT2D eigenvalue weighted by Crippen LogP contribution is -2.37. The number of aryl methyl sites for hydroxylation is 1. The average Bonchev–Trinajstić information content (AvgIpc) is 3.35. The molecule has 2 aliphatic carbocycles. The van der Waals surface area contributed by atoms with Gasteiger partial charge in [0.15, 0.2) is 5.76 Å². The fourth-order valence-electron chi connectivity index (χ4n) is 4.98. The number of hydrogen-bond acceptors (Lipinski definition) is 6. The maximum atomic E-state index is 13.7. The third kappa shape index (κ3) is 4.48. The highest BCUT2D eigenvalue weighted by molar-refractivity contribution is 7.89. The van der Waals surface area contributed by atoms with Crippen LogP contribution in [0, 0.1) is 12.8 Å². The Kier molecular flexibility index (Phi) is 5.76. The molecule has 2 aromatic heterocycles. The van der Waals surface area contributed by atoms with Gasteiger partial charge in [0.2, 0.25) is 10.0 Å². The number of nitrogens with zero attached hydrogens (tertiary/aromatic N) is 2. The second kappa shape index (κ2) is 8.49. The second-order valence-electron chi connectivity index (χ2n) is 10.1. The Morgan fingerprint density at radius 2 is 1.94 bits per heavy atom. The van der Waals surface area contributed by atoms with Crippen LogP contribution >= 0.6 is 0 Å². The highest BCUT2D eigenvalue weighted by Crippen LogP contribution is 2.37. The van der Waals surface area contributed by atoms with E-state index in [1.807, 2.05) is 6.92 Å². The molecule has 0 saturated heterocycles. The number of rotatable bonds is 7. The Hall–Kier alpha value is -2.72. The van der Waals surface area contributed by atoms with Gasteiger partial charge in [-0.05, 0) is 56.7 Å². The van der Waals surface area contributed by atoms with Gasteiger partial charge < -0.3 is 9.51 Å². The first-order valence-corrected chi connectivity index (χ1v) is 13.4. The number of H-pyrrole nitrogens is 1. The van der Waals surface area contributed by atoms with E-state index in [9.17, 15) is 18.0 Å². The van der Waals surface area contributed by atoms with Crippen molar-refractivity contribution in [3.8, 4) is 0 Å². The van der Waals surface area contributed by atoms with E-state index < -0.39 is 26.8 Å². The van der Waals surface area contributed by atoms with Crippen LogP contribution in [0.3, 0.4) is 0 Å². The lowest BCUT2D eigenvalue weighted by Gasteiger charge is -2.24. The normalized spacial score (nSPS) is 18.4. The second-order valence-corrected chi connectivity index (χ2v) is 11.7. The van der Waals surface area contributed by atoms with Crippen molar-refractivity contribution in [3.05, 3.63) is 56.1 Å². The third-order valence-electron chi connectivity index (χ3n) is 7.09. The lowest BCUT2D eigenvalue weighted by molar-refractivity contribution is 0.355. The number of aromatic amines is 1. The number of hydrogen-bond donors (Lipinski definition) is 2. The minimum atomic E-state index is -3.84. The number of aromatic nitrogens is 3. The van der Waals surface area contributed by atoms with Gasteiger partial charge >= 0.3 is 5.69 Å². The average molecular weight is 487 g/mol. The Morgan fingerprint density at radius 1 is 1.21 bits per heavy atom. The summed E-state index contributed by atoms with van der Waals surface area (Å²) in [4.78, 5) is 29.3. The maximum Gasteiger partial charge on any atom is 0.329 e. The fraction of sp³-hybridized carbons (Fsp3) is 0.542. The molecule has 182 valence electrons. The zero-order valence-electron chi connectivity index (χ0n) is 19.5. The van der Waals surface area contributed by atoms with Crippen molar-refractivity contribution in [1.29, 1.82) is 0 Å². The predicted octanol–water partition coefficient (Wildman–Crippen LogP) is 2.99. The van der Waals surface area contributed by atoms with E-state index >= 15 is 0 Å². The van der Waals surface area contributed by atoms with Gasteiger partial charge in [0, 0.05) is 11.6 Å². The quantitative estimate of drug-likeness (QED) is 0.529. The van der Waals surface area contributed by atoms with E-state index in [2.05, 4.69) is 14.9 Å². The van der Waals surface area contributed by atoms with Crippen LogP contribution in [-0.4, -0.2) is 28.7 Å². The Labute approximate surface area is 197 Å². The summed E-state index contributed by atoms with van der Waals surface area (Å²) in [6.45, 7) is 3.56. The Bertz CT molecular complexity index is 1460. The maximum absolute atomic E-state index is 13.7. The van der Waals surface area contributed by atoms with Gasteiger partial charge in [0.05, 0.1) is 28.0 Å². The zero-order chi connectivity index (χ0) is 24.1. The van der Waals surface area contributed by atoms with Crippen LogP contribution in [0.4, 0.5) is 0 Å². The molecule has 0 aliphatic heterocycles. The molecule has 2 N–H and O–H groups in total. The van der Waals surface area contributed by atoms with Gasteiger partial charge in [0.1, 0.15) is 0 Å². The van der Waals surface area contributed by atoms with E-state index in [1.165, 1.54) is 18.6 Å². The highest BCUT2D eigenvalue weighted by atomic mass is 32.2. The summed E-state index contributed by atoms with van der Waals surface area (Å²) >= 11 is 0. The molecule has 9 nitrogen and oxygen atoms in total. The van der Waals surface area contributed by atoms with E-state index in [-0.39, 0.29) is 16.8 Å². The zero-order valence-corrected chi connectivity index (χ0v) is 20.3. The first kappa shape index (κ1) is 23.0. The fourth-order valence-corrected chi connectivity index (χ4v) is 6.70. The summed E-state index contributed by atoms with van der Waals surface area (Å²) in [6.07, 6.45) is 7.41. The molecular formula is C24H30N4O5S. The summed E-state index contributed by atoms with van der Waals surface area (Å²) in [6, 6.07) is 4.71. The monoisotopic (exact) mass is 486 g/mol. The number of nitrogens with one attached hydrogen (secondary N) is 2. The van der Waals surface area contributed by atoms with Gasteiger partial charge in [-0.25, -0.2) is 17.9 Å². The third-order valence-corrected chi connectivity index (χ3v) is 8.82. The van der Waals surface area contributed by atoms with Crippen LogP contribution in [0.25, 0.3) is 10.9 Å². The molecule has 0 atom stereocenters. The summed E-state index contributed by atoms with van der Waals surface area (Å²) in [5.41, 5.74) is -0.0492. The van der Waals surface area contributed by atoms with Crippen LogP contribution in [0.2, 0.25) is 0 Å².